The minimum atomic E-state index is -0.0717. The monoisotopic (exact) mass is 311 g/mol. The fourth-order valence-electron chi connectivity index (χ4n) is 2.11. The van der Waals surface area contributed by atoms with Crippen LogP contribution in [0.1, 0.15) is 45.1 Å². The van der Waals surface area contributed by atoms with Crippen molar-refractivity contribution in [3.05, 3.63) is 28.8 Å². The predicted molar refractivity (Wildman–Crippen MR) is 88.0 cm³/mol. The van der Waals surface area contributed by atoms with Gasteiger partial charge in [-0.15, -0.1) is 0 Å². The third-order valence-electron chi connectivity index (χ3n) is 3.63. The summed E-state index contributed by atoms with van der Waals surface area (Å²) < 4.78 is 5.48. The second-order valence-corrected chi connectivity index (χ2v) is 5.83. The van der Waals surface area contributed by atoms with Gasteiger partial charge in [0.2, 0.25) is 0 Å². The van der Waals surface area contributed by atoms with E-state index in [0.717, 1.165) is 18.5 Å². The van der Waals surface area contributed by atoms with Gasteiger partial charge in [0.1, 0.15) is 5.75 Å². The van der Waals surface area contributed by atoms with E-state index in [1.54, 1.807) is 12.1 Å². The first-order chi connectivity index (χ1) is 10.1. The van der Waals surface area contributed by atoms with Crippen molar-refractivity contribution < 1.29 is 9.53 Å². The maximum atomic E-state index is 11.8. The normalized spacial score (nSPS) is 12.0. The number of halogens is 1. The molecular weight excluding hydrogens is 286 g/mol. The quantitative estimate of drug-likeness (QED) is 0.736. The molecule has 0 aliphatic rings. The van der Waals surface area contributed by atoms with Crippen molar-refractivity contribution in [1.29, 1.82) is 0 Å². The number of carbonyl (C=O) groups excluding carboxylic acids is 1. The number of benzene rings is 1. The summed E-state index contributed by atoms with van der Waals surface area (Å²) in [5.74, 6) is 1.16. The standard InChI is InChI=1S/C17H26ClNO2/c1-4-6-7-14(5-2)11-19-17(20)12-21-15-8-9-16(18)13(3)10-15/h8-10,14H,4-7,11-12H2,1-3H3,(H,19,20)/t14-/m1/s1. The Morgan fingerprint density at radius 2 is 2.14 bits per heavy atom. The first-order valence-corrected chi connectivity index (χ1v) is 8.10. The Morgan fingerprint density at radius 1 is 1.38 bits per heavy atom. The van der Waals surface area contributed by atoms with Crippen LogP contribution in [0.15, 0.2) is 18.2 Å². The van der Waals surface area contributed by atoms with Crippen molar-refractivity contribution in [3.8, 4) is 5.75 Å². The van der Waals surface area contributed by atoms with Crippen molar-refractivity contribution in [1.82, 2.24) is 5.32 Å². The molecule has 0 aromatic heterocycles. The Balaban J connectivity index is 2.31. The molecule has 0 saturated carbocycles. The lowest BCUT2D eigenvalue weighted by molar-refractivity contribution is -0.123. The zero-order valence-electron chi connectivity index (χ0n) is 13.2. The molecule has 4 heteroatoms. The highest BCUT2D eigenvalue weighted by atomic mass is 35.5. The van der Waals surface area contributed by atoms with E-state index in [2.05, 4.69) is 19.2 Å². The van der Waals surface area contributed by atoms with Crippen LogP contribution in [-0.2, 0) is 4.79 Å². The van der Waals surface area contributed by atoms with Gasteiger partial charge in [-0.3, -0.25) is 4.79 Å². The highest BCUT2D eigenvalue weighted by Crippen LogP contribution is 2.20. The van der Waals surface area contributed by atoms with Gasteiger partial charge in [-0.05, 0) is 43.0 Å². The molecule has 0 saturated heterocycles. The SMILES string of the molecule is CCCC[C@@H](CC)CNC(=O)COc1ccc(Cl)c(C)c1. The molecule has 1 atom stereocenters. The molecule has 1 aromatic carbocycles. The Hall–Kier alpha value is -1.22. The molecule has 0 radical (unpaired) electrons. The molecule has 0 bridgehead atoms. The predicted octanol–water partition coefficient (Wildman–Crippen LogP) is 4.36. The van der Waals surface area contributed by atoms with Crippen LogP contribution in [0.5, 0.6) is 5.75 Å². The minimum absolute atomic E-state index is 0.0469. The smallest absolute Gasteiger partial charge is 0.257 e. The Morgan fingerprint density at radius 3 is 2.76 bits per heavy atom. The summed E-state index contributed by atoms with van der Waals surface area (Å²) >= 11 is 5.95. The molecule has 1 amide bonds. The van der Waals surface area contributed by atoms with Crippen molar-refractivity contribution in [3.63, 3.8) is 0 Å². The van der Waals surface area contributed by atoms with Crippen LogP contribution in [-0.4, -0.2) is 19.1 Å². The van der Waals surface area contributed by atoms with Crippen LogP contribution in [0.2, 0.25) is 5.02 Å². The van der Waals surface area contributed by atoms with E-state index in [-0.39, 0.29) is 12.5 Å². The van der Waals surface area contributed by atoms with E-state index in [1.165, 1.54) is 19.3 Å². The summed E-state index contributed by atoms with van der Waals surface area (Å²) in [5.41, 5.74) is 0.945. The molecular formula is C17H26ClNO2. The van der Waals surface area contributed by atoms with Crippen molar-refractivity contribution in [2.24, 2.45) is 5.92 Å². The summed E-state index contributed by atoms with van der Waals surface area (Å²) in [6, 6.07) is 5.40. The average Bonchev–Trinajstić information content (AvgIpc) is 2.48. The summed E-state index contributed by atoms with van der Waals surface area (Å²) in [7, 11) is 0. The van der Waals surface area contributed by atoms with Crippen molar-refractivity contribution in [2.45, 2.75) is 46.5 Å². The van der Waals surface area contributed by atoms with E-state index < -0.39 is 0 Å². The zero-order valence-corrected chi connectivity index (χ0v) is 14.0. The van der Waals surface area contributed by atoms with Crippen LogP contribution >= 0.6 is 11.6 Å². The number of ether oxygens (including phenoxy) is 1. The van der Waals surface area contributed by atoms with Crippen molar-refractivity contribution >= 4 is 17.5 Å². The molecule has 0 aliphatic carbocycles. The van der Waals surface area contributed by atoms with E-state index in [4.69, 9.17) is 16.3 Å². The number of unbranched alkanes of at least 4 members (excludes halogenated alkanes) is 1. The Labute approximate surface area is 133 Å². The largest absolute Gasteiger partial charge is 0.484 e. The van der Waals surface area contributed by atoms with Crippen LogP contribution in [0, 0.1) is 12.8 Å². The first-order valence-electron chi connectivity index (χ1n) is 7.72. The number of carbonyl (C=O) groups is 1. The number of rotatable bonds is 9. The second-order valence-electron chi connectivity index (χ2n) is 5.42. The van der Waals surface area contributed by atoms with Gasteiger partial charge in [0.05, 0.1) is 0 Å². The lowest BCUT2D eigenvalue weighted by Crippen LogP contribution is -2.33. The van der Waals surface area contributed by atoms with Crippen LogP contribution in [0.4, 0.5) is 0 Å². The fraction of sp³-hybridized carbons (Fsp3) is 0.588. The maximum absolute atomic E-state index is 11.8. The highest BCUT2D eigenvalue weighted by Gasteiger charge is 2.09. The Kier molecular flexibility index (Phi) is 8.21. The van der Waals surface area contributed by atoms with Crippen molar-refractivity contribution in [2.75, 3.05) is 13.2 Å². The number of hydrogen-bond donors (Lipinski definition) is 1. The fourth-order valence-corrected chi connectivity index (χ4v) is 2.23. The van der Waals surface area contributed by atoms with Crippen LogP contribution in [0.25, 0.3) is 0 Å². The summed E-state index contributed by atoms with van der Waals surface area (Å²) in [5, 5.41) is 3.65. The van der Waals surface area contributed by atoms with Gasteiger partial charge in [-0.2, -0.15) is 0 Å². The number of aryl methyl sites for hydroxylation is 1. The van der Waals surface area contributed by atoms with E-state index >= 15 is 0 Å². The molecule has 21 heavy (non-hydrogen) atoms. The molecule has 0 fully saturated rings. The maximum Gasteiger partial charge on any atom is 0.257 e. The van der Waals surface area contributed by atoms with E-state index in [9.17, 15) is 4.79 Å². The average molecular weight is 312 g/mol. The first kappa shape index (κ1) is 17.8. The molecule has 3 nitrogen and oxygen atoms in total. The third-order valence-corrected chi connectivity index (χ3v) is 4.05. The number of nitrogens with one attached hydrogen (secondary N) is 1. The lowest BCUT2D eigenvalue weighted by Gasteiger charge is -2.15. The Bertz CT molecular complexity index is 448. The zero-order chi connectivity index (χ0) is 15.7. The van der Waals surface area contributed by atoms with E-state index in [0.29, 0.717) is 16.7 Å². The molecule has 1 aromatic rings. The van der Waals surface area contributed by atoms with Gasteiger partial charge >= 0.3 is 0 Å². The van der Waals surface area contributed by atoms with E-state index in [1.807, 2.05) is 13.0 Å². The van der Waals surface area contributed by atoms with Crippen LogP contribution < -0.4 is 10.1 Å². The number of amides is 1. The second kappa shape index (κ2) is 9.67. The molecule has 0 heterocycles. The molecule has 0 unspecified atom stereocenters. The minimum Gasteiger partial charge on any atom is -0.484 e. The van der Waals surface area contributed by atoms with Crippen LogP contribution in [0.3, 0.4) is 0 Å². The lowest BCUT2D eigenvalue weighted by atomic mass is 9.99. The number of hydrogen-bond acceptors (Lipinski definition) is 2. The summed E-state index contributed by atoms with van der Waals surface area (Å²) in [6.45, 7) is 7.05. The summed E-state index contributed by atoms with van der Waals surface area (Å²) in [4.78, 5) is 11.8. The highest BCUT2D eigenvalue weighted by molar-refractivity contribution is 6.31. The molecule has 0 spiro atoms. The van der Waals surface area contributed by atoms with Gasteiger partial charge in [0.15, 0.2) is 6.61 Å². The molecule has 1 N–H and O–H groups in total. The molecule has 1 rings (SSSR count). The van der Waals surface area contributed by atoms with Gasteiger partial charge in [0.25, 0.3) is 5.91 Å². The topological polar surface area (TPSA) is 38.3 Å². The third kappa shape index (κ3) is 6.85. The van der Waals surface area contributed by atoms with Gasteiger partial charge in [-0.1, -0.05) is 44.7 Å². The van der Waals surface area contributed by atoms with Gasteiger partial charge in [-0.25, -0.2) is 0 Å². The van der Waals surface area contributed by atoms with Gasteiger partial charge in [0, 0.05) is 11.6 Å². The molecule has 118 valence electrons. The molecule has 0 aliphatic heterocycles. The van der Waals surface area contributed by atoms with Gasteiger partial charge < -0.3 is 10.1 Å². The summed E-state index contributed by atoms with van der Waals surface area (Å²) in [6.07, 6.45) is 4.68.